The molecule has 2 rings (SSSR count). The highest BCUT2D eigenvalue weighted by atomic mass is 35.5. The molecule has 1 heterocycles. The van der Waals surface area contributed by atoms with Gasteiger partial charge in [-0.2, -0.15) is 0 Å². The van der Waals surface area contributed by atoms with E-state index in [0.717, 1.165) is 0 Å². The number of halogens is 2. The highest BCUT2D eigenvalue weighted by Gasteiger charge is 2.19. The Bertz CT molecular complexity index is 791. The van der Waals surface area contributed by atoms with E-state index in [-0.39, 0.29) is 11.5 Å². The van der Waals surface area contributed by atoms with Crippen LogP contribution < -0.4 is 0 Å². The number of ketones is 1. The number of aryl methyl sites for hydroxylation is 1. The molecule has 0 saturated carbocycles. The zero-order valence-corrected chi connectivity index (χ0v) is 13.4. The molecular formula is C16H13Cl2NO3. The quantitative estimate of drug-likeness (QED) is 0.635. The Kier molecular flexibility index (Phi) is 4.74. The number of carboxylic acids is 1. The van der Waals surface area contributed by atoms with Crippen molar-refractivity contribution < 1.29 is 14.7 Å². The maximum atomic E-state index is 12.3. The van der Waals surface area contributed by atoms with Crippen LogP contribution in [0.4, 0.5) is 0 Å². The zero-order chi connectivity index (χ0) is 16.4. The van der Waals surface area contributed by atoms with E-state index in [9.17, 15) is 9.59 Å². The number of carboxylic acid groups (broad SMARTS) is 1. The van der Waals surface area contributed by atoms with Crippen LogP contribution in [0.5, 0.6) is 0 Å². The van der Waals surface area contributed by atoms with E-state index in [0.29, 0.717) is 32.4 Å². The second-order valence-electron chi connectivity index (χ2n) is 4.79. The van der Waals surface area contributed by atoms with Crippen LogP contribution in [-0.2, 0) is 0 Å². The summed E-state index contributed by atoms with van der Waals surface area (Å²) in [7, 11) is 0. The zero-order valence-electron chi connectivity index (χ0n) is 11.9. The van der Waals surface area contributed by atoms with Crippen molar-refractivity contribution in [2.24, 2.45) is 0 Å². The fourth-order valence-corrected chi connectivity index (χ4v) is 2.69. The van der Waals surface area contributed by atoms with Gasteiger partial charge in [0, 0.05) is 21.3 Å². The third-order valence-corrected chi connectivity index (χ3v) is 3.84. The standard InChI is InChI=1S/C16H13Cl2NO3/c1-8-14(9(2)19-15(8)16(21)22)13(20)6-4-10-3-5-11(17)7-12(10)18/h3-7,19H,1-2H3,(H,21,22)/b6-4+. The van der Waals surface area contributed by atoms with E-state index in [2.05, 4.69) is 4.98 Å². The lowest BCUT2D eigenvalue weighted by molar-refractivity contribution is 0.0690. The maximum Gasteiger partial charge on any atom is 0.352 e. The Hall–Kier alpha value is -2.04. The molecule has 0 unspecified atom stereocenters. The average Bonchev–Trinajstić information content (AvgIpc) is 2.73. The monoisotopic (exact) mass is 337 g/mol. The van der Waals surface area contributed by atoms with E-state index in [1.165, 1.54) is 6.08 Å². The second-order valence-corrected chi connectivity index (χ2v) is 5.64. The number of aromatic carboxylic acids is 1. The van der Waals surface area contributed by atoms with E-state index in [1.54, 1.807) is 38.1 Å². The molecule has 0 spiro atoms. The smallest absolute Gasteiger partial charge is 0.352 e. The third kappa shape index (κ3) is 3.24. The number of H-pyrrole nitrogens is 1. The molecule has 22 heavy (non-hydrogen) atoms. The van der Waals surface area contributed by atoms with Gasteiger partial charge in [-0.25, -0.2) is 4.79 Å². The second kappa shape index (κ2) is 6.38. The highest BCUT2D eigenvalue weighted by molar-refractivity contribution is 6.35. The SMILES string of the molecule is Cc1[nH]c(C(=O)O)c(C)c1C(=O)/C=C/c1ccc(Cl)cc1Cl. The van der Waals surface area contributed by atoms with Crippen molar-refractivity contribution in [3.05, 3.63) is 62.4 Å². The minimum atomic E-state index is -1.09. The number of hydrogen-bond acceptors (Lipinski definition) is 2. The lowest BCUT2D eigenvalue weighted by atomic mass is 10.0. The Morgan fingerprint density at radius 1 is 1.23 bits per heavy atom. The number of benzene rings is 1. The van der Waals surface area contributed by atoms with Crippen molar-refractivity contribution in [1.29, 1.82) is 0 Å². The first-order valence-corrected chi connectivity index (χ1v) is 7.16. The van der Waals surface area contributed by atoms with Crippen molar-refractivity contribution >= 4 is 41.0 Å². The molecular weight excluding hydrogens is 325 g/mol. The summed E-state index contributed by atoms with van der Waals surface area (Å²) < 4.78 is 0. The number of aromatic amines is 1. The molecule has 0 amide bonds. The summed E-state index contributed by atoms with van der Waals surface area (Å²) in [4.78, 5) is 26.1. The van der Waals surface area contributed by atoms with Gasteiger partial charge in [-0.15, -0.1) is 0 Å². The first-order chi connectivity index (χ1) is 10.3. The molecule has 0 aliphatic heterocycles. The van der Waals surface area contributed by atoms with Crippen LogP contribution >= 0.6 is 23.2 Å². The molecule has 1 aromatic carbocycles. The van der Waals surface area contributed by atoms with Crippen LogP contribution in [0.3, 0.4) is 0 Å². The van der Waals surface area contributed by atoms with Crippen molar-refractivity contribution in [3.8, 4) is 0 Å². The Labute approximate surface area is 137 Å². The number of rotatable bonds is 4. The molecule has 0 aliphatic carbocycles. The van der Waals surface area contributed by atoms with E-state index < -0.39 is 5.97 Å². The molecule has 0 aliphatic rings. The molecule has 114 valence electrons. The van der Waals surface area contributed by atoms with Crippen LogP contribution in [0.25, 0.3) is 6.08 Å². The largest absolute Gasteiger partial charge is 0.477 e. The molecule has 0 atom stereocenters. The van der Waals surface area contributed by atoms with Crippen LogP contribution in [-0.4, -0.2) is 21.8 Å². The van der Waals surface area contributed by atoms with Gasteiger partial charge in [0.15, 0.2) is 5.78 Å². The van der Waals surface area contributed by atoms with Gasteiger partial charge in [-0.1, -0.05) is 29.3 Å². The summed E-state index contributed by atoms with van der Waals surface area (Å²) in [5.41, 5.74) is 1.98. The van der Waals surface area contributed by atoms with Crippen molar-refractivity contribution in [2.75, 3.05) is 0 Å². The molecule has 2 aromatic rings. The summed E-state index contributed by atoms with van der Waals surface area (Å²) in [6.07, 6.45) is 2.94. The van der Waals surface area contributed by atoms with Gasteiger partial charge < -0.3 is 10.1 Å². The summed E-state index contributed by atoms with van der Waals surface area (Å²) in [5.74, 6) is -1.38. The van der Waals surface area contributed by atoms with Crippen molar-refractivity contribution in [2.45, 2.75) is 13.8 Å². The highest BCUT2D eigenvalue weighted by Crippen LogP contribution is 2.23. The summed E-state index contributed by atoms with van der Waals surface area (Å²) in [5, 5.41) is 10.0. The summed E-state index contributed by atoms with van der Waals surface area (Å²) >= 11 is 11.9. The Morgan fingerprint density at radius 2 is 1.91 bits per heavy atom. The molecule has 2 N–H and O–H groups in total. The van der Waals surface area contributed by atoms with Crippen molar-refractivity contribution in [3.63, 3.8) is 0 Å². The molecule has 0 fully saturated rings. The number of carbonyl (C=O) groups excluding carboxylic acids is 1. The van der Waals surface area contributed by atoms with Gasteiger partial charge in [-0.05, 0) is 49.3 Å². The van der Waals surface area contributed by atoms with E-state index in [4.69, 9.17) is 28.3 Å². The summed E-state index contributed by atoms with van der Waals surface area (Å²) in [6.45, 7) is 3.26. The molecule has 0 radical (unpaired) electrons. The minimum Gasteiger partial charge on any atom is -0.477 e. The number of carbonyl (C=O) groups is 2. The van der Waals surface area contributed by atoms with Gasteiger partial charge in [0.1, 0.15) is 5.69 Å². The minimum absolute atomic E-state index is 0.0266. The fourth-order valence-electron chi connectivity index (χ4n) is 2.22. The lowest BCUT2D eigenvalue weighted by Crippen LogP contribution is -2.01. The molecule has 6 heteroatoms. The molecule has 1 aromatic heterocycles. The topological polar surface area (TPSA) is 70.2 Å². The number of allylic oxidation sites excluding steroid dienone is 1. The predicted octanol–water partition coefficient (Wildman–Crippen LogP) is 4.53. The predicted molar refractivity (Wildman–Crippen MR) is 87.1 cm³/mol. The Morgan fingerprint density at radius 3 is 2.45 bits per heavy atom. The Balaban J connectivity index is 2.33. The van der Waals surface area contributed by atoms with Crippen molar-refractivity contribution in [1.82, 2.24) is 4.98 Å². The number of aromatic nitrogens is 1. The van der Waals surface area contributed by atoms with Gasteiger partial charge in [0.05, 0.1) is 0 Å². The van der Waals surface area contributed by atoms with Gasteiger partial charge in [0.2, 0.25) is 0 Å². The maximum absolute atomic E-state index is 12.3. The van der Waals surface area contributed by atoms with E-state index >= 15 is 0 Å². The first kappa shape index (κ1) is 16.3. The van der Waals surface area contributed by atoms with E-state index in [1.807, 2.05) is 0 Å². The van der Waals surface area contributed by atoms with Crippen LogP contribution in [0, 0.1) is 13.8 Å². The fraction of sp³-hybridized carbons (Fsp3) is 0.125. The van der Waals surface area contributed by atoms with Crippen LogP contribution in [0.1, 0.15) is 37.7 Å². The van der Waals surface area contributed by atoms with Gasteiger partial charge >= 0.3 is 5.97 Å². The number of hydrogen-bond donors (Lipinski definition) is 2. The molecule has 0 saturated heterocycles. The third-order valence-electron chi connectivity index (χ3n) is 3.27. The molecule has 0 bridgehead atoms. The summed E-state index contributed by atoms with van der Waals surface area (Å²) in [6, 6.07) is 4.96. The van der Waals surface area contributed by atoms with Gasteiger partial charge in [-0.3, -0.25) is 4.79 Å². The van der Waals surface area contributed by atoms with Gasteiger partial charge in [0.25, 0.3) is 0 Å². The average molecular weight is 338 g/mol. The normalized spacial score (nSPS) is 11.1. The molecule has 4 nitrogen and oxygen atoms in total. The first-order valence-electron chi connectivity index (χ1n) is 6.41. The number of nitrogens with one attached hydrogen (secondary N) is 1. The lowest BCUT2D eigenvalue weighted by Gasteiger charge is -2.00. The van der Waals surface area contributed by atoms with Crippen LogP contribution in [0.2, 0.25) is 10.0 Å². The van der Waals surface area contributed by atoms with Crippen LogP contribution in [0.15, 0.2) is 24.3 Å².